The van der Waals surface area contributed by atoms with Crippen LogP contribution in [0.25, 0.3) is 16.9 Å². The van der Waals surface area contributed by atoms with E-state index in [-0.39, 0.29) is 0 Å². The Bertz CT molecular complexity index is 1560. The molecule has 0 radical (unpaired) electrons. The molecule has 3 rings (SSSR count). The molecular formula is C62H106N2Pd. The Kier molecular flexibility index (Phi) is 34.7. The van der Waals surface area contributed by atoms with Gasteiger partial charge in [0.1, 0.15) is 0 Å². The van der Waals surface area contributed by atoms with Gasteiger partial charge >= 0.3 is 41.6 Å². The minimum atomic E-state index is 1.04. The van der Waals surface area contributed by atoms with Crippen LogP contribution in [0.5, 0.6) is 0 Å². The maximum absolute atomic E-state index is 13.1. The van der Waals surface area contributed by atoms with Crippen LogP contribution in [0.2, 0.25) is 9.79 Å². The summed E-state index contributed by atoms with van der Waals surface area (Å²) >= 11 is 1.04. The van der Waals surface area contributed by atoms with Crippen molar-refractivity contribution in [3.63, 3.8) is 0 Å². The van der Waals surface area contributed by atoms with Gasteiger partial charge in [0.05, 0.1) is 0 Å². The average molecular weight is 986 g/mol. The van der Waals surface area contributed by atoms with Gasteiger partial charge in [-0.3, -0.25) is 0 Å². The van der Waals surface area contributed by atoms with Gasteiger partial charge in [-0.25, -0.2) is 4.70 Å². The number of benzene rings is 2. The summed E-state index contributed by atoms with van der Waals surface area (Å²) in [6.07, 6.45) is 42.0. The van der Waals surface area contributed by atoms with E-state index < -0.39 is 0 Å². The molecule has 0 atom stereocenters. The predicted molar refractivity (Wildman–Crippen MR) is 288 cm³/mol. The molecule has 374 valence electrons. The van der Waals surface area contributed by atoms with E-state index in [1.165, 1.54) is 205 Å². The first-order valence-electron chi connectivity index (χ1n) is 28.6. The molecule has 0 N–H and O–H groups in total. The van der Waals surface area contributed by atoms with Crippen LogP contribution < -0.4 is 0 Å². The topological polar surface area (TPSA) is 25.3 Å². The molecule has 0 fully saturated rings. The molecular weight excluding hydrogens is 879 g/mol. The molecule has 65 heavy (non-hydrogen) atoms. The van der Waals surface area contributed by atoms with Crippen LogP contribution in [0.4, 0.5) is 0 Å². The summed E-state index contributed by atoms with van der Waals surface area (Å²) in [4.78, 5) is 2.79. The monoisotopic (exact) mass is 985 g/mol. The first kappa shape index (κ1) is 59.3. The zero-order chi connectivity index (χ0) is 47.5. The number of hydrogen-bond donors (Lipinski definition) is 0. The number of nitrogens with zero attached hydrogens (tertiary/aromatic N) is 2. The zero-order valence-corrected chi connectivity index (χ0v) is 46.5. The molecule has 3 heteroatoms. The summed E-state index contributed by atoms with van der Waals surface area (Å²) in [6.45, 7) is 23.2. The van der Waals surface area contributed by atoms with Crippen LogP contribution in [0.1, 0.15) is 294 Å². The van der Waals surface area contributed by atoms with Gasteiger partial charge < -0.3 is 5.53 Å². The minimum absolute atomic E-state index is 1.04. The molecule has 1 heterocycles. The molecule has 0 aliphatic carbocycles. The number of aryl methyl sites for hydroxylation is 4. The quantitative estimate of drug-likeness (QED) is 0.0364. The third-order valence-electron chi connectivity index (χ3n) is 13.9. The van der Waals surface area contributed by atoms with Gasteiger partial charge in [0.25, 0.3) is 0 Å². The van der Waals surface area contributed by atoms with Crippen LogP contribution >= 0.6 is 0 Å². The van der Waals surface area contributed by atoms with Gasteiger partial charge in [0.15, 0.2) is 0 Å². The van der Waals surface area contributed by atoms with Crippen molar-refractivity contribution in [1.29, 1.82) is 0 Å². The van der Waals surface area contributed by atoms with Gasteiger partial charge in [-0.1, -0.05) is 171 Å². The molecule has 0 amide bonds. The molecule has 0 saturated carbocycles. The zero-order valence-electron chi connectivity index (χ0n) is 45.0. The van der Waals surface area contributed by atoms with Crippen LogP contribution in [-0.2, 0) is 56.5 Å². The second kappa shape index (κ2) is 38.1. The van der Waals surface area contributed by atoms with Gasteiger partial charge in [0.2, 0.25) is 11.4 Å². The van der Waals surface area contributed by atoms with E-state index in [0.717, 1.165) is 74.3 Å². The summed E-state index contributed by atoms with van der Waals surface area (Å²) in [7, 11) is 0. The fourth-order valence-corrected chi connectivity index (χ4v) is 10.9. The molecule has 0 unspecified atom stereocenters. The normalized spacial score (nSPS) is 12.9. The van der Waals surface area contributed by atoms with Gasteiger partial charge in [-0.2, -0.15) is 0 Å². The Hall–Kier alpha value is -1.82. The Labute approximate surface area is 414 Å². The fourth-order valence-electron chi connectivity index (χ4n) is 10.1. The summed E-state index contributed by atoms with van der Waals surface area (Å²) in [5.41, 5.74) is 30.3. The predicted octanol–water partition coefficient (Wildman–Crippen LogP) is 21.1. The van der Waals surface area contributed by atoms with E-state index >= 15 is 0 Å². The second-order valence-electron chi connectivity index (χ2n) is 19.5. The van der Waals surface area contributed by atoms with Crippen LogP contribution in [0.3, 0.4) is 0 Å². The van der Waals surface area contributed by atoms with Crippen molar-refractivity contribution in [3.05, 3.63) is 85.5 Å². The molecule has 0 aromatic heterocycles. The molecule has 2 aromatic carbocycles. The van der Waals surface area contributed by atoms with Crippen LogP contribution in [-0.4, -0.2) is 4.70 Å². The Morgan fingerprint density at radius 3 is 0.892 bits per heavy atom. The summed E-state index contributed by atoms with van der Waals surface area (Å²) in [5.74, 6) is 0. The van der Waals surface area contributed by atoms with E-state index in [1.54, 1.807) is 38.1 Å². The van der Waals surface area contributed by atoms with Crippen molar-refractivity contribution in [2.45, 2.75) is 297 Å². The van der Waals surface area contributed by atoms with E-state index in [0.29, 0.717) is 0 Å². The number of hydrogen-bond acceptors (Lipinski definition) is 0. The Morgan fingerprint density at radius 1 is 0.323 bits per heavy atom. The molecule has 1 aliphatic heterocycles. The van der Waals surface area contributed by atoms with Crippen molar-refractivity contribution in [1.82, 2.24) is 0 Å². The molecule has 0 saturated heterocycles. The van der Waals surface area contributed by atoms with Crippen molar-refractivity contribution >= 4 is 11.4 Å². The van der Waals surface area contributed by atoms with Gasteiger partial charge in [-0.15, -0.1) is 0 Å². The fraction of sp³-hybridized carbons (Fsp3) is 0.742. The number of allylic oxidation sites excluding steroid dienone is 2. The standard InChI is InChI=1S/C58H96N2.2C2H5.Pd/c1-9-17-25-26-27-34-42-56-55(39-24-16-8)57(51-43-47(35-28-18-10-2)53(40-32-22-14-6)48(44-51)36-29-19-11-3)60(59)58(56)52-45-49(37-30-20-12-4)54(41-33-23-15-7)50(46-52)38-31-21-13-5;2*1-2;/h43-46H,9-42H2,1-8H3;2*1H2,2H3;. The summed E-state index contributed by atoms with van der Waals surface area (Å²) in [6, 6.07) is 10.3. The first-order chi connectivity index (χ1) is 31.8. The Morgan fingerprint density at radius 2 is 0.585 bits per heavy atom. The van der Waals surface area contributed by atoms with Crippen molar-refractivity contribution in [2.75, 3.05) is 0 Å². The molecule has 0 bridgehead atoms. The maximum atomic E-state index is 13.1. The third kappa shape index (κ3) is 21.6. The van der Waals surface area contributed by atoms with E-state index in [2.05, 4.69) is 93.5 Å². The second-order valence-corrected chi connectivity index (χ2v) is 22.5. The Balaban J connectivity index is 0.00000274. The van der Waals surface area contributed by atoms with E-state index in [4.69, 9.17) is 0 Å². The van der Waals surface area contributed by atoms with E-state index in [1.807, 2.05) is 0 Å². The van der Waals surface area contributed by atoms with Crippen molar-refractivity contribution < 1.29 is 22.7 Å². The SMILES string of the molecule is CCCCCCCCC1=C(c2cc(CCCCC)c(CCCCC)c(CCCCC)c2)[N+](=[N-])C(c2cc(CCCCC)c(CCCCC)c(CCCCC)c2)=C1CCCC.C[CH2][Pd][CH2]C. The van der Waals surface area contributed by atoms with Gasteiger partial charge in [0, 0.05) is 22.3 Å². The van der Waals surface area contributed by atoms with Crippen molar-refractivity contribution in [3.8, 4) is 0 Å². The molecule has 0 spiro atoms. The van der Waals surface area contributed by atoms with Crippen LogP contribution in [0.15, 0.2) is 35.4 Å². The molecule has 1 aliphatic rings. The van der Waals surface area contributed by atoms with E-state index in [9.17, 15) is 5.53 Å². The van der Waals surface area contributed by atoms with Crippen molar-refractivity contribution in [2.24, 2.45) is 0 Å². The van der Waals surface area contributed by atoms with Crippen LogP contribution in [0, 0.1) is 0 Å². The molecule has 2 aromatic rings. The first-order valence-corrected chi connectivity index (χ1v) is 30.8. The average Bonchev–Trinajstić information content (AvgIpc) is 3.58. The number of unbranched alkanes of at least 4 members (excludes halogenated alkanes) is 18. The summed E-state index contributed by atoms with van der Waals surface area (Å²) in [5, 5.41) is 0. The third-order valence-corrected chi connectivity index (χ3v) is 15.5. The van der Waals surface area contributed by atoms with Gasteiger partial charge in [-0.05, 0) is 160 Å². The molecule has 2 nitrogen and oxygen atoms in total. The number of rotatable bonds is 38. The summed E-state index contributed by atoms with van der Waals surface area (Å²) < 4.78 is 1.76.